The molecule has 0 spiro atoms. The summed E-state index contributed by atoms with van der Waals surface area (Å²) in [7, 11) is 0. The Bertz CT molecular complexity index is 516. The van der Waals surface area contributed by atoms with Crippen molar-refractivity contribution in [1.29, 1.82) is 0 Å². The molecular formula is C16H21NO4. The molecule has 1 amide bonds. The molecule has 1 fully saturated rings. The molecule has 0 aromatic heterocycles. The number of amides is 1. The standard InChI is InChI=1S/C16H21NO4/c1-16(2,3)11-4-6-12(7-5-11)21-10-14(18)17-13-8-9-20-15(13)19/h4-7,13H,8-10H2,1-3H3,(H,17,18)/t13-/m0/s1. The smallest absolute Gasteiger partial charge is 0.328 e. The van der Waals surface area contributed by atoms with Gasteiger partial charge in [0.2, 0.25) is 0 Å². The van der Waals surface area contributed by atoms with Gasteiger partial charge in [0.15, 0.2) is 6.61 Å². The van der Waals surface area contributed by atoms with Crippen molar-refractivity contribution in [2.24, 2.45) is 0 Å². The molecule has 0 aliphatic carbocycles. The monoisotopic (exact) mass is 291 g/mol. The molecular weight excluding hydrogens is 270 g/mol. The lowest BCUT2D eigenvalue weighted by molar-refractivity contribution is -0.141. The van der Waals surface area contributed by atoms with Gasteiger partial charge in [-0.2, -0.15) is 0 Å². The summed E-state index contributed by atoms with van der Waals surface area (Å²) < 4.78 is 10.2. The minimum atomic E-state index is -0.538. The minimum Gasteiger partial charge on any atom is -0.484 e. The second kappa shape index (κ2) is 6.16. The number of cyclic esters (lactones) is 1. The number of carbonyl (C=O) groups excluding carboxylic acids is 2. The largest absolute Gasteiger partial charge is 0.484 e. The SMILES string of the molecule is CC(C)(C)c1ccc(OCC(=O)N[C@H]2CCOC2=O)cc1. The molecule has 1 aromatic rings. The fourth-order valence-corrected chi connectivity index (χ4v) is 2.06. The third-order valence-electron chi connectivity index (χ3n) is 3.36. The molecule has 0 bridgehead atoms. The predicted octanol–water partition coefficient (Wildman–Crippen LogP) is 1.79. The normalized spacial score (nSPS) is 18.2. The number of esters is 1. The van der Waals surface area contributed by atoms with Crippen LogP contribution in [0.5, 0.6) is 5.75 Å². The van der Waals surface area contributed by atoms with Crippen LogP contribution in [-0.2, 0) is 19.7 Å². The van der Waals surface area contributed by atoms with Crippen molar-refractivity contribution in [3.63, 3.8) is 0 Å². The summed E-state index contributed by atoms with van der Waals surface area (Å²) in [5, 5.41) is 2.60. The van der Waals surface area contributed by atoms with Gasteiger partial charge < -0.3 is 14.8 Å². The van der Waals surface area contributed by atoms with Gasteiger partial charge >= 0.3 is 5.97 Å². The van der Waals surface area contributed by atoms with Gasteiger partial charge in [-0.1, -0.05) is 32.9 Å². The van der Waals surface area contributed by atoms with E-state index in [1.54, 1.807) is 0 Å². The second-order valence-corrected chi connectivity index (χ2v) is 6.14. The van der Waals surface area contributed by atoms with Crippen LogP contribution in [0.4, 0.5) is 0 Å². The van der Waals surface area contributed by atoms with Crippen LogP contribution in [0.1, 0.15) is 32.8 Å². The molecule has 1 heterocycles. The van der Waals surface area contributed by atoms with E-state index in [4.69, 9.17) is 9.47 Å². The average Bonchev–Trinajstić information content (AvgIpc) is 2.81. The number of benzene rings is 1. The number of hydrogen-bond donors (Lipinski definition) is 1. The Kier molecular flexibility index (Phi) is 4.50. The zero-order valence-corrected chi connectivity index (χ0v) is 12.6. The highest BCUT2D eigenvalue weighted by Crippen LogP contribution is 2.24. The van der Waals surface area contributed by atoms with Gasteiger partial charge in [-0.3, -0.25) is 4.79 Å². The first kappa shape index (κ1) is 15.4. The fraction of sp³-hybridized carbons (Fsp3) is 0.500. The summed E-state index contributed by atoms with van der Waals surface area (Å²) in [5.41, 5.74) is 1.28. The molecule has 0 unspecified atom stereocenters. The number of ether oxygens (including phenoxy) is 2. The molecule has 1 N–H and O–H groups in total. The summed E-state index contributed by atoms with van der Waals surface area (Å²) in [5.74, 6) is -0.0659. The lowest BCUT2D eigenvalue weighted by atomic mass is 9.87. The van der Waals surface area contributed by atoms with Crippen LogP contribution in [0.15, 0.2) is 24.3 Å². The maximum Gasteiger partial charge on any atom is 0.328 e. The van der Waals surface area contributed by atoms with E-state index >= 15 is 0 Å². The highest BCUT2D eigenvalue weighted by molar-refractivity contribution is 5.86. The van der Waals surface area contributed by atoms with Crippen LogP contribution in [0, 0.1) is 0 Å². The molecule has 0 saturated carbocycles. The van der Waals surface area contributed by atoms with Crippen molar-refractivity contribution in [2.75, 3.05) is 13.2 Å². The van der Waals surface area contributed by atoms with E-state index in [2.05, 4.69) is 26.1 Å². The van der Waals surface area contributed by atoms with Crippen molar-refractivity contribution < 1.29 is 19.1 Å². The zero-order valence-electron chi connectivity index (χ0n) is 12.6. The lowest BCUT2D eigenvalue weighted by Gasteiger charge is -2.19. The average molecular weight is 291 g/mol. The number of nitrogens with one attached hydrogen (secondary N) is 1. The summed E-state index contributed by atoms with van der Waals surface area (Å²) >= 11 is 0. The first-order valence-electron chi connectivity index (χ1n) is 7.05. The Morgan fingerprint density at radius 2 is 2.00 bits per heavy atom. The Balaban J connectivity index is 1.82. The lowest BCUT2D eigenvalue weighted by Crippen LogP contribution is -2.40. The molecule has 1 saturated heterocycles. The Morgan fingerprint density at radius 1 is 1.33 bits per heavy atom. The molecule has 1 aromatic carbocycles. The van der Waals surface area contributed by atoms with E-state index in [-0.39, 0.29) is 23.9 Å². The van der Waals surface area contributed by atoms with Gasteiger partial charge in [0, 0.05) is 6.42 Å². The van der Waals surface area contributed by atoms with E-state index in [9.17, 15) is 9.59 Å². The first-order chi connectivity index (χ1) is 9.86. The summed E-state index contributed by atoms with van der Waals surface area (Å²) in [6, 6.07) is 7.13. The maximum atomic E-state index is 11.7. The van der Waals surface area contributed by atoms with Gasteiger partial charge in [-0.15, -0.1) is 0 Å². The van der Waals surface area contributed by atoms with Gasteiger partial charge in [-0.05, 0) is 23.1 Å². The summed E-state index contributed by atoms with van der Waals surface area (Å²) in [6.07, 6.45) is 0.519. The topological polar surface area (TPSA) is 64.6 Å². The molecule has 114 valence electrons. The van der Waals surface area contributed by atoms with Crippen LogP contribution in [0.3, 0.4) is 0 Å². The van der Waals surface area contributed by atoms with Gasteiger partial charge in [0.05, 0.1) is 6.61 Å². The maximum absolute atomic E-state index is 11.7. The number of rotatable bonds is 4. The zero-order chi connectivity index (χ0) is 15.5. The fourth-order valence-electron chi connectivity index (χ4n) is 2.06. The summed E-state index contributed by atoms with van der Waals surface area (Å²) in [6.45, 7) is 6.66. The second-order valence-electron chi connectivity index (χ2n) is 6.14. The molecule has 1 aliphatic rings. The van der Waals surface area contributed by atoms with Crippen molar-refractivity contribution >= 4 is 11.9 Å². The quantitative estimate of drug-likeness (QED) is 0.859. The van der Waals surface area contributed by atoms with Crippen LogP contribution in [0.25, 0.3) is 0 Å². The van der Waals surface area contributed by atoms with E-state index < -0.39 is 6.04 Å². The van der Waals surface area contributed by atoms with Crippen molar-refractivity contribution in [2.45, 2.75) is 38.6 Å². The van der Waals surface area contributed by atoms with Crippen LogP contribution in [0.2, 0.25) is 0 Å². The van der Waals surface area contributed by atoms with E-state index in [0.29, 0.717) is 18.8 Å². The number of hydrogen-bond acceptors (Lipinski definition) is 4. The van der Waals surface area contributed by atoms with E-state index in [0.717, 1.165) is 0 Å². The summed E-state index contributed by atoms with van der Waals surface area (Å²) in [4.78, 5) is 22.9. The van der Waals surface area contributed by atoms with Crippen LogP contribution in [-0.4, -0.2) is 31.1 Å². The van der Waals surface area contributed by atoms with Crippen molar-refractivity contribution in [3.8, 4) is 5.75 Å². The highest BCUT2D eigenvalue weighted by Gasteiger charge is 2.27. The minimum absolute atomic E-state index is 0.0821. The number of carbonyl (C=O) groups is 2. The molecule has 21 heavy (non-hydrogen) atoms. The predicted molar refractivity (Wildman–Crippen MR) is 78.1 cm³/mol. The molecule has 5 heteroatoms. The van der Waals surface area contributed by atoms with Crippen LogP contribution >= 0.6 is 0 Å². The highest BCUT2D eigenvalue weighted by atomic mass is 16.5. The Morgan fingerprint density at radius 3 is 2.52 bits per heavy atom. The van der Waals surface area contributed by atoms with E-state index in [1.165, 1.54) is 5.56 Å². The third-order valence-corrected chi connectivity index (χ3v) is 3.36. The van der Waals surface area contributed by atoms with Gasteiger partial charge in [0.25, 0.3) is 5.91 Å². The van der Waals surface area contributed by atoms with E-state index in [1.807, 2.05) is 24.3 Å². The molecule has 2 rings (SSSR count). The molecule has 1 aliphatic heterocycles. The Labute approximate surface area is 124 Å². The van der Waals surface area contributed by atoms with Crippen molar-refractivity contribution in [1.82, 2.24) is 5.32 Å². The molecule has 5 nitrogen and oxygen atoms in total. The van der Waals surface area contributed by atoms with Gasteiger partial charge in [0.1, 0.15) is 11.8 Å². The Hall–Kier alpha value is -2.04. The van der Waals surface area contributed by atoms with Crippen molar-refractivity contribution in [3.05, 3.63) is 29.8 Å². The molecule has 1 atom stereocenters. The third kappa shape index (κ3) is 4.21. The first-order valence-corrected chi connectivity index (χ1v) is 7.05. The van der Waals surface area contributed by atoms with Crippen LogP contribution < -0.4 is 10.1 Å². The molecule has 0 radical (unpaired) electrons. The van der Waals surface area contributed by atoms with Gasteiger partial charge in [-0.25, -0.2) is 4.79 Å².